The third kappa shape index (κ3) is 6.39. The van der Waals surface area contributed by atoms with E-state index >= 15 is 0 Å². The Kier molecular flexibility index (Phi) is 8.32. The number of aliphatic hydroxyl groups is 2. The van der Waals surface area contributed by atoms with Gasteiger partial charge >= 0.3 is 0 Å². The van der Waals surface area contributed by atoms with Crippen molar-refractivity contribution in [3.05, 3.63) is 35.5 Å². The Balaban J connectivity index is 1.71. The van der Waals surface area contributed by atoms with Crippen LogP contribution in [0.2, 0.25) is 0 Å². The third-order valence-electron chi connectivity index (χ3n) is 8.85. The first-order valence-corrected chi connectivity index (χ1v) is 13.2. The van der Waals surface area contributed by atoms with Crippen molar-refractivity contribution < 1.29 is 15.0 Å². The van der Waals surface area contributed by atoms with E-state index in [1.54, 1.807) is 5.57 Å². The van der Waals surface area contributed by atoms with E-state index in [0.29, 0.717) is 30.1 Å². The van der Waals surface area contributed by atoms with E-state index in [9.17, 15) is 15.0 Å². The summed E-state index contributed by atoms with van der Waals surface area (Å²) in [6, 6.07) is -0.173. The van der Waals surface area contributed by atoms with Crippen molar-refractivity contribution in [1.82, 2.24) is 5.32 Å². The molecule has 4 heteroatoms. The zero-order valence-corrected chi connectivity index (χ0v) is 21.6. The summed E-state index contributed by atoms with van der Waals surface area (Å²) in [5, 5.41) is 23.4. The van der Waals surface area contributed by atoms with Crippen LogP contribution in [0, 0.1) is 23.2 Å². The summed E-state index contributed by atoms with van der Waals surface area (Å²) >= 11 is 0. The summed E-state index contributed by atoms with van der Waals surface area (Å²) in [4.78, 5) is 11.6. The van der Waals surface area contributed by atoms with Crippen LogP contribution in [0.4, 0.5) is 0 Å². The molecule has 4 nitrogen and oxygen atoms in total. The second-order valence-electron chi connectivity index (χ2n) is 12.1. The lowest BCUT2D eigenvalue weighted by Crippen LogP contribution is -2.40. The van der Waals surface area contributed by atoms with Gasteiger partial charge in [0, 0.05) is 6.92 Å². The summed E-state index contributed by atoms with van der Waals surface area (Å²) in [6.07, 6.45) is 14.7. The van der Waals surface area contributed by atoms with Crippen molar-refractivity contribution in [3.63, 3.8) is 0 Å². The van der Waals surface area contributed by atoms with Crippen LogP contribution in [-0.2, 0) is 4.79 Å². The average Bonchev–Trinajstić information content (AvgIpc) is 3.05. The van der Waals surface area contributed by atoms with Crippen LogP contribution in [0.3, 0.4) is 0 Å². The lowest BCUT2D eigenvalue weighted by molar-refractivity contribution is -0.119. The van der Waals surface area contributed by atoms with E-state index in [0.717, 1.165) is 36.3 Å². The molecule has 0 unspecified atom stereocenters. The van der Waals surface area contributed by atoms with Crippen molar-refractivity contribution in [2.45, 2.75) is 117 Å². The second kappa shape index (κ2) is 10.5. The van der Waals surface area contributed by atoms with E-state index in [2.05, 4.69) is 37.9 Å². The van der Waals surface area contributed by atoms with Gasteiger partial charge in [-0.3, -0.25) is 4.79 Å². The number of allylic oxidation sites excluding steroid dienone is 3. The van der Waals surface area contributed by atoms with Crippen LogP contribution < -0.4 is 5.32 Å². The minimum atomic E-state index is -0.564. The largest absolute Gasteiger partial charge is 0.393 e. The molecule has 3 aliphatic rings. The van der Waals surface area contributed by atoms with Gasteiger partial charge in [-0.2, -0.15) is 0 Å². The van der Waals surface area contributed by atoms with Gasteiger partial charge < -0.3 is 15.5 Å². The van der Waals surface area contributed by atoms with Crippen LogP contribution in [-0.4, -0.2) is 33.9 Å². The minimum absolute atomic E-state index is 0.0790. The molecule has 3 aliphatic carbocycles. The first kappa shape index (κ1) is 26.2. The number of carbonyl (C=O) groups is 1. The Morgan fingerprint density at radius 3 is 2.73 bits per heavy atom. The molecule has 0 spiro atoms. The van der Waals surface area contributed by atoms with Crippen LogP contribution >= 0.6 is 0 Å². The summed E-state index contributed by atoms with van der Waals surface area (Å²) in [7, 11) is 0. The first-order valence-electron chi connectivity index (χ1n) is 13.2. The molecule has 0 aromatic heterocycles. The number of hydrogen-bond donors (Lipinski definition) is 3. The lowest BCUT2D eigenvalue weighted by Gasteiger charge is -2.44. The van der Waals surface area contributed by atoms with Crippen LogP contribution in [0.25, 0.3) is 0 Å². The third-order valence-corrected chi connectivity index (χ3v) is 8.85. The van der Waals surface area contributed by atoms with E-state index < -0.39 is 11.7 Å². The zero-order chi connectivity index (χ0) is 24.4. The average molecular weight is 458 g/mol. The Labute approximate surface area is 201 Å². The summed E-state index contributed by atoms with van der Waals surface area (Å²) in [5.41, 5.74) is 3.37. The topological polar surface area (TPSA) is 69.6 Å². The van der Waals surface area contributed by atoms with E-state index in [4.69, 9.17) is 0 Å². The van der Waals surface area contributed by atoms with Gasteiger partial charge in [0.1, 0.15) is 0 Å². The maximum atomic E-state index is 11.6. The number of rotatable bonds is 7. The molecule has 0 aromatic carbocycles. The molecule has 0 heterocycles. The number of hydrogen-bond acceptors (Lipinski definition) is 3. The Bertz CT molecular complexity index is 789. The molecule has 3 saturated carbocycles. The summed E-state index contributed by atoms with van der Waals surface area (Å²) < 4.78 is 0. The number of carbonyl (C=O) groups excluding carboxylic acids is 1. The standard InChI is InChI=1S/C29H47NO3/c1-19(9-7-15-28(4,5)33)25-13-14-26-22(10-8-16-29(25,26)6)11-12-23-17-24(32)18-27(20(23)2)30-21(3)31/h11-12,19,24-27,32-33H,2,7-10,13-18H2,1,3-6H3,(H,30,31)/b22-11+,23-12-/t19-,24-,25-,26+,27-,29-/m1/s1. The summed E-state index contributed by atoms with van der Waals surface area (Å²) in [5.74, 6) is 1.99. The van der Waals surface area contributed by atoms with Crippen LogP contribution in [0.15, 0.2) is 35.5 Å². The Morgan fingerprint density at radius 1 is 1.33 bits per heavy atom. The van der Waals surface area contributed by atoms with Gasteiger partial charge in [-0.25, -0.2) is 0 Å². The molecule has 186 valence electrons. The van der Waals surface area contributed by atoms with Crippen LogP contribution in [0.1, 0.15) is 98.8 Å². The number of aliphatic hydroxyl groups excluding tert-OH is 1. The maximum absolute atomic E-state index is 11.6. The highest BCUT2D eigenvalue weighted by atomic mass is 16.3. The van der Waals surface area contributed by atoms with Crippen molar-refractivity contribution in [2.75, 3.05) is 0 Å². The molecule has 0 saturated heterocycles. The molecule has 3 fully saturated rings. The van der Waals surface area contributed by atoms with Crippen molar-refractivity contribution in [3.8, 4) is 0 Å². The zero-order valence-electron chi connectivity index (χ0n) is 21.6. The summed E-state index contributed by atoms with van der Waals surface area (Å²) in [6.45, 7) is 14.5. The molecule has 33 heavy (non-hydrogen) atoms. The Hall–Kier alpha value is -1.39. The van der Waals surface area contributed by atoms with Gasteiger partial charge in [-0.05, 0) is 99.5 Å². The smallest absolute Gasteiger partial charge is 0.217 e. The van der Waals surface area contributed by atoms with Crippen LogP contribution in [0.5, 0.6) is 0 Å². The highest BCUT2D eigenvalue weighted by Crippen LogP contribution is 2.60. The number of nitrogens with one attached hydrogen (secondary N) is 1. The molecule has 0 aromatic rings. The van der Waals surface area contributed by atoms with Crippen molar-refractivity contribution in [1.29, 1.82) is 0 Å². The van der Waals surface area contributed by atoms with E-state index in [1.165, 1.54) is 39.0 Å². The van der Waals surface area contributed by atoms with Crippen molar-refractivity contribution in [2.24, 2.45) is 23.2 Å². The van der Waals surface area contributed by atoms with Gasteiger partial charge in [-0.15, -0.1) is 0 Å². The number of fused-ring (bicyclic) bond motifs is 1. The predicted molar refractivity (Wildman–Crippen MR) is 136 cm³/mol. The molecular formula is C29H47NO3. The number of amides is 1. The fourth-order valence-corrected chi connectivity index (χ4v) is 7.15. The molecule has 0 aliphatic heterocycles. The highest BCUT2D eigenvalue weighted by Gasteiger charge is 2.50. The first-order chi connectivity index (χ1) is 15.4. The molecule has 0 radical (unpaired) electrons. The van der Waals surface area contributed by atoms with Gasteiger partial charge in [0.25, 0.3) is 0 Å². The Morgan fingerprint density at radius 2 is 2.06 bits per heavy atom. The van der Waals surface area contributed by atoms with E-state index in [1.807, 2.05) is 13.8 Å². The van der Waals surface area contributed by atoms with Gasteiger partial charge in [0.15, 0.2) is 0 Å². The van der Waals surface area contributed by atoms with E-state index in [-0.39, 0.29) is 11.9 Å². The quantitative estimate of drug-likeness (QED) is 0.449. The van der Waals surface area contributed by atoms with Gasteiger partial charge in [0.2, 0.25) is 5.91 Å². The lowest BCUT2D eigenvalue weighted by atomic mass is 9.60. The monoisotopic (exact) mass is 457 g/mol. The highest BCUT2D eigenvalue weighted by molar-refractivity contribution is 5.74. The van der Waals surface area contributed by atoms with Gasteiger partial charge in [-0.1, -0.05) is 51.0 Å². The molecule has 6 atom stereocenters. The normalized spacial score (nSPS) is 36.2. The fourth-order valence-electron chi connectivity index (χ4n) is 7.15. The second-order valence-corrected chi connectivity index (χ2v) is 12.1. The molecule has 3 rings (SSSR count). The molecular weight excluding hydrogens is 410 g/mol. The minimum Gasteiger partial charge on any atom is -0.393 e. The van der Waals surface area contributed by atoms with Gasteiger partial charge in [0.05, 0.1) is 17.7 Å². The maximum Gasteiger partial charge on any atom is 0.217 e. The molecule has 3 N–H and O–H groups in total. The van der Waals surface area contributed by atoms with Crippen molar-refractivity contribution >= 4 is 5.91 Å². The molecule has 0 bridgehead atoms. The SMILES string of the molecule is C=C1/C(=C\C=C2/CCC[C@]3(C)[C@@H]([C@H](C)CCCC(C)(C)O)CC[C@@H]23)C[C@@H](O)C[C@H]1NC(C)=O. The fraction of sp³-hybridized carbons (Fsp3) is 0.759. The molecule has 1 amide bonds. The predicted octanol–water partition coefficient (Wildman–Crippen LogP) is 5.85.